The molecule has 0 radical (unpaired) electrons. The highest BCUT2D eigenvalue weighted by atomic mass is 79.9. The molecule has 18 heavy (non-hydrogen) atoms. The number of nitrogens with one attached hydrogen (secondary N) is 1. The molecule has 3 aliphatic rings. The molecule has 0 saturated carbocycles. The largest absolute Gasteiger partial charge is 0.308 e. The standard InChI is InChI=1S/C14H18BrFN2/c15-12-1-2-13(16)11(7-12)8-17-14-9-18-5-3-10(14)4-6-18/h1-2,7,10,14,17H,3-6,8-9H2/t14-/m0/s1. The van der Waals surface area contributed by atoms with E-state index in [1.165, 1.54) is 32.0 Å². The van der Waals surface area contributed by atoms with Crippen LogP contribution in [0.4, 0.5) is 4.39 Å². The molecule has 3 saturated heterocycles. The van der Waals surface area contributed by atoms with E-state index in [0.717, 1.165) is 22.5 Å². The summed E-state index contributed by atoms with van der Waals surface area (Å²) in [6, 6.07) is 5.67. The van der Waals surface area contributed by atoms with E-state index in [9.17, 15) is 4.39 Å². The van der Waals surface area contributed by atoms with Gasteiger partial charge in [-0.05, 0) is 50.0 Å². The van der Waals surface area contributed by atoms with Crippen molar-refractivity contribution in [3.8, 4) is 0 Å². The zero-order chi connectivity index (χ0) is 12.5. The lowest BCUT2D eigenvalue weighted by atomic mass is 9.84. The van der Waals surface area contributed by atoms with Crippen molar-refractivity contribution in [3.63, 3.8) is 0 Å². The first-order valence-electron chi connectivity index (χ1n) is 6.62. The monoisotopic (exact) mass is 312 g/mol. The molecule has 0 aromatic heterocycles. The third-order valence-electron chi connectivity index (χ3n) is 4.22. The number of fused-ring (bicyclic) bond motifs is 3. The zero-order valence-corrected chi connectivity index (χ0v) is 11.9. The van der Waals surface area contributed by atoms with Crippen molar-refractivity contribution >= 4 is 15.9 Å². The molecule has 3 fully saturated rings. The fourth-order valence-corrected chi connectivity index (χ4v) is 3.52. The predicted molar refractivity (Wildman–Crippen MR) is 73.9 cm³/mol. The third kappa shape index (κ3) is 2.60. The van der Waals surface area contributed by atoms with Crippen molar-refractivity contribution in [3.05, 3.63) is 34.1 Å². The molecule has 3 heterocycles. The molecule has 0 spiro atoms. The molecular formula is C14H18BrFN2. The smallest absolute Gasteiger partial charge is 0.127 e. The quantitative estimate of drug-likeness (QED) is 0.923. The molecule has 98 valence electrons. The molecule has 0 amide bonds. The van der Waals surface area contributed by atoms with Crippen LogP contribution in [0.1, 0.15) is 18.4 Å². The SMILES string of the molecule is Fc1ccc(Br)cc1CN[C@H]1CN2CCC1CC2. The third-order valence-corrected chi connectivity index (χ3v) is 4.71. The molecule has 1 aromatic rings. The first kappa shape index (κ1) is 12.6. The van der Waals surface area contributed by atoms with Gasteiger partial charge in [0.25, 0.3) is 0 Å². The van der Waals surface area contributed by atoms with Gasteiger partial charge in [-0.1, -0.05) is 15.9 Å². The van der Waals surface area contributed by atoms with Crippen LogP contribution in [0.15, 0.2) is 22.7 Å². The molecule has 1 aromatic carbocycles. The van der Waals surface area contributed by atoms with Gasteiger partial charge in [-0.25, -0.2) is 4.39 Å². The number of halogens is 2. The molecule has 0 aliphatic carbocycles. The Morgan fingerprint density at radius 1 is 1.33 bits per heavy atom. The first-order valence-corrected chi connectivity index (χ1v) is 7.41. The highest BCUT2D eigenvalue weighted by molar-refractivity contribution is 9.10. The van der Waals surface area contributed by atoms with E-state index in [-0.39, 0.29) is 5.82 Å². The van der Waals surface area contributed by atoms with Crippen LogP contribution in [0, 0.1) is 11.7 Å². The Kier molecular flexibility index (Phi) is 3.68. The molecular weight excluding hydrogens is 295 g/mol. The molecule has 3 aliphatic heterocycles. The number of hydrogen-bond acceptors (Lipinski definition) is 2. The van der Waals surface area contributed by atoms with Gasteiger partial charge < -0.3 is 10.2 Å². The van der Waals surface area contributed by atoms with Crippen molar-refractivity contribution in [1.29, 1.82) is 0 Å². The molecule has 4 heteroatoms. The van der Waals surface area contributed by atoms with Crippen LogP contribution in [0.25, 0.3) is 0 Å². The Bertz CT molecular complexity index is 430. The summed E-state index contributed by atoms with van der Waals surface area (Å²) in [5.41, 5.74) is 0.751. The second kappa shape index (κ2) is 5.27. The molecule has 2 bridgehead atoms. The maximum atomic E-state index is 13.6. The Labute approximate surface area is 116 Å². The van der Waals surface area contributed by atoms with Crippen molar-refractivity contribution in [1.82, 2.24) is 10.2 Å². The Hall–Kier alpha value is -0.450. The second-order valence-electron chi connectivity index (χ2n) is 5.36. The van der Waals surface area contributed by atoms with Crippen LogP contribution in [0.3, 0.4) is 0 Å². The molecule has 2 nitrogen and oxygen atoms in total. The maximum Gasteiger partial charge on any atom is 0.127 e. The summed E-state index contributed by atoms with van der Waals surface area (Å²) in [7, 11) is 0. The summed E-state index contributed by atoms with van der Waals surface area (Å²) in [5, 5.41) is 3.53. The van der Waals surface area contributed by atoms with Crippen molar-refractivity contribution in [2.45, 2.75) is 25.4 Å². The van der Waals surface area contributed by atoms with Gasteiger partial charge in [0.2, 0.25) is 0 Å². The number of benzene rings is 1. The summed E-state index contributed by atoms with van der Waals surface area (Å²) in [6.45, 7) is 4.24. The average Bonchev–Trinajstić information content (AvgIpc) is 2.41. The zero-order valence-electron chi connectivity index (χ0n) is 10.3. The topological polar surface area (TPSA) is 15.3 Å². The van der Waals surface area contributed by atoms with Crippen molar-refractivity contribution in [2.75, 3.05) is 19.6 Å². The number of piperidine rings is 3. The van der Waals surface area contributed by atoms with Crippen LogP contribution in [0.5, 0.6) is 0 Å². The maximum absolute atomic E-state index is 13.6. The lowest BCUT2D eigenvalue weighted by Gasteiger charge is -2.45. The summed E-state index contributed by atoms with van der Waals surface area (Å²) >= 11 is 3.39. The summed E-state index contributed by atoms with van der Waals surface area (Å²) in [6.07, 6.45) is 2.58. The van der Waals surface area contributed by atoms with E-state index in [4.69, 9.17) is 0 Å². The van der Waals surface area contributed by atoms with Crippen LogP contribution in [0.2, 0.25) is 0 Å². The van der Waals surface area contributed by atoms with Gasteiger partial charge >= 0.3 is 0 Å². The summed E-state index contributed by atoms with van der Waals surface area (Å²) in [5.74, 6) is 0.664. The fourth-order valence-electron chi connectivity index (χ4n) is 3.12. The lowest BCUT2D eigenvalue weighted by molar-refractivity contribution is 0.0718. The Morgan fingerprint density at radius 3 is 2.78 bits per heavy atom. The van der Waals surface area contributed by atoms with Crippen LogP contribution < -0.4 is 5.32 Å². The number of hydrogen-bond donors (Lipinski definition) is 1. The Balaban J connectivity index is 1.62. The normalized spacial score (nSPS) is 30.7. The number of nitrogens with zero attached hydrogens (tertiary/aromatic N) is 1. The minimum Gasteiger partial charge on any atom is -0.308 e. The minimum atomic E-state index is -0.119. The van der Waals surface area contributed by atoms with E-state index in [0.29, 0.717) is 12.6 Å². The lowest BCUT2D eigenvalue weighted by Crippen LogP contribution is -2.55. The summed E-state index contributed by atoms with van der Waals surface area (Å²) < 4.78 is 14.6. The van der Waals surface area contributed by atoms with E-state index < -0.39 is 0 Å². The molecule has 0 unspecified atom stereocenters. The van der Waals surface area contributed by atoms with Crippen LogP contribution >= 0.6 is 15.9 Å². The van der Waals surface area contributed by atoms with Crippen molar-refractivity contribution in [2.24, 2.45) is 5.92 Å². The predicted octanol–water partition coefficient (Wildman–Crippen LogP) is 2.77. The highest BCUT2D eigenvalue weighted by Crippen LogP contribution is 2.27. The van der Waals surface area contributed by atoms with Gasteiger partial charge in [-0.15, -0.1) is 0 Å². The molecule has 1 atom stereocenters. The minimum absolute atomic E-state index is 0.119. The fraction of sp³-hybridized carbons (Fsp3) is 0.571. The van der Waals surface area contributed by atoms with E-state index >= 15 is 0 Å². The van der Waals surface area contributed by atoms with Gasteiger partial charge in [0.05, 0.1) is 0 Å². The van der Waals surface area contributed by atoms with E-state index in [1.54, 1.807) is 6.07 Å². The van der Waals surface area contributed by atoms with Gasteiger partial charge in [-0.2, -0.15) is 0 Å². The Morgan fingerprint density at radius 2 is 2.11 bits per heavy atom. The number of rotatable bonds is 3. The van der Waals surface area contributed by atoms with Crippen molar-refractivity contribution < 1.29 is 4.39 Å². The van der Waals surface area contributed by atoms with Gasteiger partial charge in [0.15, 0.2) is 0 Å². The molecule has 1 N–H and O–H groups in total. The summed E-state index contributed by atoms with van der Waals surface area (Å²) in [4.78, 5) is 2.51. The van der Waals surface area contributed by atoms with Gasteiger partial charge in [-0.3, -0.25) is 0 Å². The van der Waals surface area contributed by atoms with E-state index in [1.807, 2.05) is 6.07 Å². The van der Waals surface area contributed by atoms with Gasteiger partial charge in [0, 0.05) is 29.2 Å². The van der Waals surface area contributed by atoms with E-state index in [2.05, 4.69) is 26.1 Å². The second-order valence-corrected chi connectivity index (χ2v) is 6.28. The average molecular weight is 313 g/mol. The first-order chi connectivity index (χ1) is 8.72. The highest BCUT2D eigenvalue weighted by Gasteiger charge is 2.33. The van der Waals surface area contributed by atoms with Crippen LogP contribution in [-0.4, -0.2) is 30.6 Å². The van der Waals surface area contributed by atoms with Gasteiger partial charge in [0.1, 0.15) is 5.82 Å². The molecule has 4 rings (SSSR count). The van der Waals surface area contributed by atoms with Crippen LogP contribution in [-0.2, 0) is 6.54 Å².